The molecule has 0 amide bonds. The van der Waals surface area contributed by atoms with Gasteiger partial charge >= 0.3 is 11.9 Å². The third kappa shape index (κ3) is 1.47. The fraction of sp³-hybridized carbons (Fsp3) is 0.600. The van der Waals surface area contributed by atoms with Gasteiger partial charge < -0.3 is 24.1 Å². The van der Waals surface area contributed by atoms with Crippen LogP contribution >= 0.6 is 0 Å². The molecular weight excluding hydrogens is 292 g/mol. The molecule has 3 aliphatic heterocycles. The molecule has 1 aliphatic carbocycles. The van der Waals surface area contributed by atoms with Crippen LogP contribution in [0.1, 0.15) is 6.92 Å². The quantitative estimate of drug-likeness (QED) is 0.562. The Hall–Kier alpha value is -1.86. The molecule has 7 atom stereocenters. The molecule has 2 saturated heterocycles. The zero-order valence-corrected chi connectivity index (χ0v) is 12.1. The molecule has 118 valence electrons. The Morgan fingerprint density at radius 2 is 2.27 bits per heavy atom. The van der Waals surface area contributed by atoms with Gasteiger partial charge in [0.25, 0.3) is 0 Å². The number of carbonyl (C=O) groups is 2. The van der Waals surface area contributed by atoms with E-state index in [1.165, 1.54) is 20.3 Å². The average molecular weight is 308 g/mol. The minimum atomic E-state index is -0.985. The van der Waals surface area contributed by atoms with Crippen LogP contribution in [0.3, 0.4) is 0 Å². The minimum absolute atomic E-state index is 0.295. The molecule has 0 aromatic rings. The third-order valence-corrected chi connectivity index (χ3v) is 5.00. The number of aliphatic hydroxyl groups excluding tert-OH is 1. The molecule has 0 aromatic heterocycles. The Kier molecular flexibility index (Phi) is 2.71. The fourth-order valence-corrected chi connectivity index (χ4v) is 4.04. The Morgan fingerprint density at radius 3 is 2.95 bits per heavy atom. The summed E-state index contributed by atoms with van der Waals surface area (Å²) in [6, 6.07) is 0. The summed E-state index contributed by atoms with van der Waals surface area (Å²) in [5, 5.41) is 9.87. The van der Waals surface area contributed by atoms with Crippen molar-refractivity contribution >= 4 is 11.9 Å². The molecule has 0 aromatic carbocycles. The lowest BCUT2D eigenvalue weighted by atomic mass is 9.77. The topological polar surface area (TPSA) is 91.3 Å². The first-order chi connectivity index (χ1) is 10.5. The van der Waals surface area contributed by atoms with Gasteiger partial charge in [-0.05, 0) is 13.0 Å². The number of methoxy groups -OCH3 is 1. The van der Waals surface area contributed by atoms with E-state index in [0.717, 1.165) is 0 Å². The molecule has 1 N–H and O–H groups in total. The van der Waals surface area contributed by atoms with Crippen molar-refractivity contribution in [3.8, 4) is 0 Å². The molecule has 22 heavy (non-hydrogen) atoms. The van der Waals surface area contributed by atoms with Crippen LogP contribution in [0.5, 0.6) is 0 Å². The number of hydrogen-bond donors (Lipinski definition) is 1. The molecule has 0 bridgehead atoms. The van der Waals surface area contributed by atoms with Crippen molar-refractivity contribution in [1.82, 2.24) is 0 Å². The second-order valence-electron chi connectivity index (χ2n) is 6.08. The van der Waals surface area contributed by atoms with E-state index in [1.54, 1.807) is 6.08 Å². The van der Waals surface area contributed by atoms with Crippen molar-refractivity contribution in [2.75, 3.05) is 7.11 Å². The van der Waals surface area contributed by atoms with Crippen molar-refractivity contribution in [2.24, 2.45) is 17.8 Å². The number of esters is 2. The van der Waals surface area contributed by atoms with E-state index >= 15 is 0 Å². The normalized spacial score (nSPS) is 45.5. The first-order valence-electron chi connectivity index (χ1n) is 7.19. The molecule has 7 heteroatoms. The van der Waals surface area contributed by atoms with Crippen LogP contribution in [0.25, 0.3) is 0 Å². The zero-order valence-electron chi connectivity index (χ0n) is 12.1. The van der Waals surface area contributed by atoms with Crippen molar-refractivity contribution in [3.63, 3.8) is 0 Å². The van der Waals surface area contributed by atoms with Crippen LogP contribution in [0.2, 0.25) is 0 Å². The highest BCUT2D eigenvalue weighted by Gasteiger charge is 2.72. The lowest BCUT2D eigenvalue weighted by Gasteiger charge is -2.32. The van der Waals surface area contributed by atoms with Gasteiger partial charge in [-0.25, -0.2) is 4.79 Å². The molecular formula is C15H16O7. The molecule has 0 radical (unpaired) electrons. The standard InChI is InChI=1S/C15H16O7/c1-6(16)9-11-15(22-13(9)18)4-3-7-8(12(17)19-2)5-20-14(21-11)10(7)15/h3-7,9-11,14,16H,1-2H3/t6-,7+,9-,10+,11+,14+,15-/m1/s1. The zero-order chi connectivity index (χ0) is 15.6. The summed E-state index contributed by atoms with van der Waals surface area (Å²) in [7, 11) is 1.30. The van der Waals surface area contributed by atoms with E-state index in [0.29, 0.717) is 5.57 Å². The second-order valence-corrected chi connectivity index (χ2v) is 6.08. The summed E-state index contributed by atoms with van der Waals surface area (Å²) < 4.78 is 21.7. The van der Waals surface area contributed by atoms with E-state index < -0.39 is 42.0 Å². The minimum Gasteiger partial charge on any atom is -0.471 e. The maximum Gasteiger partial charge on any atom is 0.337 e. The monoisotopic (exact) mass is 308 g/mol. The van der Waals surface area contributed by atoms with Crippen molar-refractivity contribution in [2.45, 2.75) is 31.0 Å². The van der Waals surface area contributed by atoms with Crippen molar-refractivity contribution in [3.05, 3.63) is 24.0 Å². The predicted molar refractivity (Wildman–Crippen MR) is 70.0 cm³/mol. The highest BCUT2D eigenvalue weighted by atomic mass is 16.7. The van der Waals surface area contributed by atoms with E-state index in [9.17, 15) is 14.7 Å². The van der Waals surface area contributed by atoms with Crippen LogP contribution in [-0.4, -0.2) is 48.3 Å². The summed E-state index contributed by atoms with van der Waals surface area (Å²) in [4.78, 5) is 24.0. The number of rotatable bonds is 2. The van der Waals surface area contributed by atoms with Gasteiger partial charge in [0, 0.05) is 5.92 Å². The van der Waals surface area contributed by atoms with Crippen LogP contribution in [0.15, 0.2) is 24.0 Å². The SMILES string of the molecule is COC(=O)C1=CO[C@H]2O[C@H]3[C@@H]([C@@H](C)O)C(=O)O[C@@]34C=C[C@@H]1[C@@H]24. The lowest BCUT2D eigenvalue weighted by molar-refractivity contribution is -0.166. The Balaban J connectivity index is 1.74. The number of allylic oxidation sites excluding steroid dienone is 1. The van der Waals surface area contributed by atoms with E-state index in [1.807, 2.05) is 6.08 Å². The molecule has 1 spiro atoms. The Morgan fingerprint density at radius 1 is 1.50 bits per heavy atom. The van der Waals surface area contributed by atoms with Gasteiger partial charge in [0.05, 0.1) is 31.0 Å². The number of carbonyl (C=O) groups excluding carboxylic acids is 2. The average Bonchev–Trinajstić information content (AvgIpc) is 3.07. The molecule has 2 fully saturated rings. The van der Waals surface area contributed by atoms with Crippen LogP contribution in [0.4, 0.5) is 0 Å². The molecule has 0 saturated carbocycles. The van der Waals surface area contributed by atoms with Crippen LogP contribution in [-0.2, 0) is 28.5 Å². The van der Waals surface area contributed by atoms with E-state index in [2.05, 4.69) is 0 Å². The van der Waals surface area contributed by atoms with Crippen LogP contribution in [0, 0.1) is 17.8 Å². The van der Waals surface area contributed by atoms with Gasteiger partial charge in [-0.15, -0.1) is 0 Å². The number of aliphatic hydroxyl groups is 1. The Labute approximate surface area is 126 Å². The fourth-order valence-electron chi connectivity index (χ4n) is 4.04. The molecule has 4 aliphatic rings. The van der Waals surface area contributed by atoms with Gasteiger partial charge in [-0.1, -0.05) is 6.08 Å². The largest absolute Gasteiger partial charge is 0.471 e. The van der Waals surface area contributed by atoms with Gasteiger partial charge in [-0.3, -0.25) is 4.79 Å². The summed E-state index contributed by atoms with van der Waals surface area (Å²) in [5.41, 5.74) is -0.612. The Bertz CT molecular complexity index is 607. The van der Waals surface area contributed by atoms with Gasteiger partial charge in [0.15, 0.2) is 5.60 Å². The summed E-state index contributed by atoms with van der Waals surface area (Å²) in [5.74, 6) is -2.37. The van der Waals surface area contributed by atoms with Crippen molar-refractivity contribution < 1.29 is 33.6 Å². The third-order valence-electron chi connectivity index (χ3n) is 5.00. The summed E-state index contributed by atoms with van der Waals surface area (Å²) in [6.45, 7) is 1.53. The first-order valence-corrected chi connectivity index (χ1v) is 7.19. The maximum atomic E-state index is 12.1. The van der Waals surface area contributed by atoms with Crippen molar-refractivity contribution in [1.29, 1.82) is 0 Å². The van der Waals surface area contributed by atoms with E-state index in [-0.39, 0.29) is 11.8 Å². The maximum absolute atomic E-state index is 12.1. The highest BCUT2D eigenvalue weighted by Crippen LogP contribution is 2.58. The molecule has 4 rings (SSSR count). The second kappa shape index (κ2) is 4.33. The molecule has 7 nitrogen and oxygen atoms in total. The van der Waals surface area contributed by atoms with Crippen LogP contribution < -0.4 is 0 Å². The predicted octanol–water partition coefficient (Wildman–Crippen LogP) is -0.107. The smallest absolute Gasteiger partial charge is 0.337 e. The number of hydrogen-bond acceptors (Lipinski definition) is 7. The van der Waals surface area contributed by atoms with Gasteiger partial charge in [0.2, 0.25) is 6.29 Å². The number of ether oxygens (including phenoxy) is 4. The molecule has 3 heterocycles. The summed E-state index contributed by atoms with van der Waals surface area (Å²) >= 11 is 0. The van der Waals surface area contributed by atoms with Gasteiger partial charge in [-0.2, -0.15) is 0 Å². The van der Waals surface area contributed by atoms with Gasteiger partial charge in [0.1, 0.15) is 12.0 Å². The first kappa shape index (κ1) is 13.8. The summed E-state index contributed by atoms with van der Waals surface area (Å²) in [6.07, 6.45) is 2.81. The van der Waals surface area contributed by atoms with E-state index in [4.69, 9.17) is 18.9 Å². The molecule has 0 unspecified atom stereocenters. The lowest BCUT2D eigenvalue weighted by Crippen LogP contribution is -2.44. The highest BCUT2D eigenvalue weighted by molar-refractivity contribution is 5.90.